The van der Waals surface area contributed by atoms with Gasteiger partial charge < -0.3 is 15.3 Å². The molecule has 2 aromatic heterocycles. The third-order valence-electron chi connectivity index (χ3n) is 8.40. The minimum atomic E-state index is -0.410. The van der Waals surface area contributed by atoms with Crippen LogP contribution in [-0.2, 0) is 6.42 Å². The second kappa shape index (κ2) is 11.1. The van der Waals surface area contributed by atoms with Crippen LogP contribution in [0.3, 0.4) is 0 Å². The monoisotopic (exact) mass is 553 g/mol. The molecule has 1 saturated heterocycles. The van der Waals surface area contributed by atoms with E-state index >= 15 is 4.39 Å². The van der Waals surface area contributed by atoms with Crippen LogP contribution in [0.4, 0.5) is 10.1 Å². The quantitative estimate of drug-likeness (QED) is 0.296. The summed E-state index contributed by atoms with van der Waals surface area (Å²) in [6, 6.07) is 16.9. The van der Waals surface area contributed by atoms with Crippen LogP contribution >= 0.6 is 0 Å². The molecule has 212 valence electrons. The number of anilines is 1. The molecule has 7 nitrogen and oxygen atoms in total. The van der Waals surface area contributed by atoms with E-state index in [-0.39, 0.29) is 17.6 Å². The van der Waals surface area contributed by atoms with Gasteiger partial charge in [-0.2, -0.15) is 5.10 Å². The molecule has 3 heterocycles. The summed E-state index contributed by atoms with van der Waals surface area (Å²) in [6.45, 7) is 7.80. The highest BCUT2D eigenvalue weighted by Gasteiger charge is 2.30. The predicted octanol–water partition coefficient (Wildman–Crippen LogP) is 5.63. The summed E-state index contributed by atoms with van der Waals surface area (Å²) in [5.41, 5.74) is 7.01. The van der Waals surface area contributed by atoms with Crippen LogP contribution < -0.4 is 10.2 Å². The van der Waals surface area contributed by atoms with Crippen LogP contribution in [0.1, 0.15) is 66.8 Å². The second-order valence-electron chi connectivity index (χ2n) is 11.4. The highest BCUT2D eigenvalue weighted by atomic mass is 19.1. The lowest BCUT2D eigenvalue weighted by Crippen LogP contribution is -2.27. The Bertz CT molecular complexity index is 1630. The molecule has 0 bridgehead atoms. The van der Waals surface area contributed by atoms with Crippen LogP contribution in [0.15, 0.2) is 60.7 Å². The molecule has 0 radical (unpaired) electrons. The van der Waals surface area contributed by atoms with Gasteiger partial charge in [0.2, 0.25) is 0 Å². The molecule has 8 heteroatoms. The first-order valence-electron chi connectivity index (χ1n) is 14.5. The van der Waals surface area contributed by atoms with Gasteiger partial charge in [-0.15, -0.1) is 0 Å². The molecule has 2 atom stereocenters. The van der Waals surface area contributed by atoms with Gasteiger partial charge in [0, 0.05) is 54.5 Å². The number of nitrogens with zero attached hydrogens (tertiary/aromatic N) is 4. The third kappa shape index (κ3) is 5.48. The fraction of sp³-hybridized carbons (Fsp3) is 0.364. The number of amides is 1. The third-order valence-corrected chi connectivity index (χ3v) is 8.40. The Hall–Kier alpha value is -4.04. The Morgan fingerprint density at radius 2 is 1.95 bits per heavy atom. The fourth-order valence-corrected chi connectivity index (χ4v) is 5.66. The number of aromatic nitrogens is 3. The molecule has 2 N–H and O–H groups in total. The van der Waals surface area contributed by atoms with Gasteiger partial charge in [-0.05, 0) is 74.1 Å². The number of fused-ring (bicyclic) bond motifs is 1. The van der Waals surface area contributed by atoms with Crippen molar-refractivity contribution in [2.45, 2.75) is 52.1 Å². The van der Waals surface area contributed by atoms with Crippen molar-refractivity contribution < 1.29 is 14.3 Å². The summed E-state index contributed by atoms with van der Waals surface area (Å²) < 4.78 is 17.1. The van der Waals surface area contributed by atoms with Gasteiger partial charge in [0.05, 0.1) is 11.8 Å². The fourth-order valence-electron chi connectivity index (χ4n) is 5.66. The van der Waals surface area contributed by atoms with Gasteiger partial charge in [0.25, 0.3) is 5.91 Å². The lowest BCUT2D eigenvalue weighted by atomic mass is 9.98. The van der Waals surface area contributed by atoms with Gasteiger partial charge in [-0.25, -0.2) is 13.9 Å². The number of carbonyl (C=O) groups is 1. The molecule has 0 spiro atoms. The SMILES string of the molecule is C/C=C(/C)c1ccccc1CCNC(=O)c1cc(C2CC2)n2nc(-c3ccc(N4C[C@H](C)[C@@H](O)C4)cc3F)cc2n1. The van der Waals surface area contributed by atoms with Gasteiger partial charge in [-0.3, -0.25) is 4.79 Å². The molecule has 2 fully saturated rings. The summed E-state index contributed by atoms with van der Waals surface area (Å²) in [7, 11) is 0. The number of aliphatic hydroxyl groups excluding tert-OH is 1. The second-order valence-corrected chi connectivity index (χ2v) is 11.4. The molecular weight excluding hydrogens is 517 g/mol. The number of benzene rings is 2. The van der Waals surface area contributed by atoms with Crippen LogP contribution in [0, 0.1) is 11.7 Å². The van der Waals surface area contributed by atoms with Crippen LogP contribution in [-0.4, -0.2) is 51.4 Å². The molecule has 1 aliphatic carbocycles. The van der Waals surface area contributed by atoms with E-state index in [1.165, 1.54) is 22.8 Å². The number of hydrogen-bond acceptors (Lipinski definition) is 5. The lowest BCUT2D eigenvalue weighted by molar-refractivity contribution is 0.0949. The largest absolute Gasteiger partial charge is 0.391 e. The summed E-state index contributed by atoms with van der Waals surface area (Å²) in [4.78, 5) is 19.8. The van der Waals surface area contributed by atoms with Gasteiger partial charge in [0.1, 0.15) is 11.5 Å². The number of β-amino-alcohol motifs (C(OH)–C–C–N with tert-alkyl or cyclic N) is 1. The first kappa shape index (κ1) is 27.1. The number of rotatable bonds is 8. The molecule has 1 saturated carbocycles. The predicted molar refractivity (Wildman–Crippen MR) is 160 cm³/mol. The number of carbonyl (C=O) groups excluding carboxylic acids is 1. The van der Waals surface area contributed by atoms with Crippen LogP contribution in [0.2, 0.25) is 0 Å². The molecule has 1 aliphatic heterocycles. The zero-order chi connectivity index (χ0) is 28.7. The van der Waals surface area contributed by atoms with Crippen LogP contribution in [0.25, 0.3) is 22.5 Å². The number of allylic oxidation sites excluding steroid dienone is 2. The van der Waals surface area contributed by atoms with Crippen molar-refractivity contribution in [3.05, 3.63) is 89.0 Å². The zero-order valence-electron chi connectivity index (χ0n) is 23.8. The Morgan fingerprint density at radius 3 is 2.66 bits per heavy atom. The highest BCUT2D eigenvalue weighted by Crippen LogP contribution is 2.40. The van der Waals surface area contributed by atoms with Crippen molar-refractivity contribution in [3.63, 3.8) is 0 Å². The lowest BCUT2D eigenvalue weighted by Gasteiger charge is -2.18. The smallest absolute Gasteiger partial charge is 0.270 e. The minimum absolute atomic E-state index is 0.146. The first-order chi connectivity index (χ1) is 19.8. The summed E-state index contributed by atoms with van der Waals surface area (Å²) in [6.07, 6.45) is 4.45. The molecule has 6 rings (SSSR count). The molecule has 1 amide bonds. The molecule has 2 aromatic carbocycles. The Kier molecular flexibility index (Phi) is 7.34. The summed E-state index contributed by atoms with van der Waals surface area (Å²) >= 11 is 0. The minimum Gasteiger partial charge on any atom is -0.391 e. The van der Waals surface area contributed by atoms with Crippen molar-refractivity contribution in [2.75, 3.05) is 24.5 Å². The normalized spacial score (nSPS) is 19.2. The number of halogens is 1. The Balaban J connectivity index is 1.23. The van der Waals surface area contributed by atoms with Crippen molar-refractivity contribution in [2.24, 2.45) is 5.92 Å². The Labute approximate surface area is 239 Å². The molecule has 0 unspecified atom stereocenters. The standard InChI is InChI=1S/C33H36FN5O2/c1-4-20(2)25-8-6-5-7-22(25)13-14-35-33(41)29-16-30(23-9-10-23)39-32(36-29)17-28(37-39)26-12-11-24(15-27(26)34)38-18-21(3)31(40)19-38/h4-8,11-12,15-17,21,23,31,40H,9-10,13-14,18-19H2,1-3H3,(H,35,41)/b20-4-/t21-,31-/m0/s1. The molecule has 2 aliphatic rings. The van der Waals surface area contributed by atoms with Gasteiger partial charge in [0.15, 0.2) is 5.65 Å². The van der Waals surface area contributed by atoms with Gasteiger partial charge in [-0.1, -0.05) is 37.3 Å². The summed E-state index contributed by atoms with van der Waals surface area (Å²) in [5.74, 6) is -0.145. The maximum absolute atomic E-state index is 15.3. The average molecular weight is 554 g/mol. The first-order valence-corrected chi connectivity index (χ1v) is 14.5. The van der Waals surface area contributed by atoms with E-state index in [0.29, 0.717) is 54.6 Å². The van der Waals surface area contributed by atoms with E-state index in [9.17, 15) is 9.90 Å². The van der Waals surface area contributed by atoms with Crippen molar-refractivity contribution in [1.29, 1.82) is 0 Å². The summed E-state index contributed by atoms with van der Waals surface area (Å²) in [5, 5.41) is 17.9. The van der Waals surface area contributed by atoms with Gasteiger partial charge >= 0.3 is 0 Å². The number of aliphatic hydroxyl groups is 1. The van der Waals surface area contributed by atoms with Crippen molar-refractivity contribution in [3.8, 4) is 11.3 Å². The average Bonchev–Trinajstić information content (AvgIpc) is 3.64. The number of nitrogens with one attached hydrogen (secondary N) is 1. The highest BCUT2D eigenvalue weighted by molar-refractivity contribution is 5.93. The van der Waals surface area contributed by atoms with E-state index in [1.807, 2.05) is 43.0 Å². The maximum Gasteiger partial charge on any atom is 0.270 e. The zero-order valence-corrected chi connectivity index (χ0v) is 23.8. The van der Waals surface area contributed by atoms with E-state index < -0.39 is 6.10 Å². The molecule has 41 heavy (non-hydrogen) atoms. The Morgan fingerprint density at radius 1 is 1.15 bits per heavy atom. The van der Waals surface area contributed by atoms with E-state index in [1.54, 1.807) is 16.6 Å². The van der Waals surface area contributed by atoms with E-state index in [4.69, 9.17) is 5.10 Å². The van der Waals surface area contributed by atoms with E-state index in [0.717, 1.165) is 24.2 Å². The topological polar surface area (TPSA) is 82.8 Å². The van der Waals surface area contributed by atoms with E-state index in [2.05, 4.69) is 35.4 Å². The van der Waals surface area contributed by atoms with Crippen molar-refractivity contribution >= 4 is 22.8 Å². The van der Waals surface area contributed by atoms with Crippen LogP contribution in [0.5, 0.6) is 0 Å². The number of hydrogen-bond donors (Lipinski definition) is 2. The van der Waals surface area contributed by atoms with Crippen molar-refractivity contribution in [1.82, 2.24) is 19.9 Å². The molecular formula is C33H36FN5O2. The molecule has 4 aromatic rings. The maximum atomic E-state index is 15.3.